The lowest BCUT2D eigenvalue weighted by molar-refractivity contribution is 0.437. The van der Waals surface area contributed by atoms with Crippen LogP contribution in [0.3, 0.4) is 0 Å². The van der Waals surface area contributed by atoms with Gasteiger partial charge in [0, 0.05) is 15.6 Å². The first-order valence-electron chi connectivity index (χ1n) is 11.7. The number of hydrogen-bond acceptors (Lipinski definition) is 1. The fourth-order valence-electron chi connectivity index (χ4n) is 6.47. The van der Waals surface area contributed by atoms with E-state index in [1.807, 2.05) is 0 Å². The van der Waals surface area contributed by atoms with Crippen molar-refractivity contribution in [1.82, 2.24) is 0 Å². The van der Waals surface area contributed by atoms with Crippen LogP contribution in [-0.4, -0.2) is 23.5 Å². The fourth-order valence-corrected chi connectivity index (χ4v) is 6.96. The summed E-state index contributed by atoms with van der Waals surface area (Å²) in [7, 11) is 6.77. The van der Waals surface area contributed by atoms with Crippen LogP contribution in [0.15, 0.2) is 89.4 Å². The first-order valence-corrected chi connectivity index (χ1v) is 12.5. The number of para-hydroxylation sites is 2. The normalized spacial score (nSPS) is 14.3. The van der Waals surface area contributed by atoms with E-state index in [-0.39, 0.29) is 0 Å². The van der Waals surface area contributed by atoms with Gasteiger partial charge in [-0.2, -0.15) is 0 Å². The van der Waals surface area contributed by atoms with Gasteiger partial charge >= 0.3 is 0 Å². The van der Waals surface area contributed by atoms with Crippen LogP contribution in [-0.2, 0) is 5.41 Å². The summed E-state index contributed by atoms with van der Waals surface area (Å²) in [6, 6.07) is 30.6. The maximum Gasteiger partial charge on any atom is 0.141 e. The number of benzene rings is 5. The molecule has 0 amide bonds. The highest BCUT2D eigenvalue weighted by molar-refractivity contribution is 9.10. The third-order valence-electron chi connectivity index (χ3n) is 7.97. The van der Waals surface area contributed by atoms with E-state index < -0.39 is 5.41 Å². The molecule has 0 radical (unpaired) electrons. The first-order chi connectivity index (χ1) is 16.5. The lowest BCUT2D eigenvalue weighted by Crippen LogP contribution is -2.41. The van der Waals surface area contributed by atoms with Gasteiger partial charge in [-0.15, -0.1) is 0 Å². The molecule has 0 unspecified atom stereocenters. The van der Waals surface area contributed by atoms with Crippen molar-refractivity contribution in [3.05, 3.63) is 112 Å². The fraction of sp³-hybridized carbons (Fsp3) is 0.0345. The highest BCUT2D eigenvalue weighted by atomic mass is 79.9. The number of halogens is 1. The molecule has 1 heterocycles. The zero-order valence-electron chi connectivity index (χ0n) is 19.4. The second-order valence-electron chi connectivity index (χ2n) is 9.49. The molecular weight excluding hydrogens is 477 g/mol. The SMILES string of the molecule is Bc1c(B)c2c(c(B)c1Br)C1(c3ccccc3Oc3ccccc31)c1c-2ccc2ccccc12. The Morgan fingerprint density at radius 2 is 1.24 bits per heavy atom. The molecule has 1 nitrogen and oxygen atoms in total. The van der Waals surface area contributed by atoms with Crippen molar-refractivity contribution in [2.24, 2.45) is 0 Å². The van der Waals surface area contributed by atoms with E-state index in [1.165, 1.54) is 65.0 Å². The number of ether oxygens (including phenoxy) is 1. The minimum Gasteiger partial charge on any atom is -0.457 e. The lowest BCUT2D eigenvalue weighted by Gasteiger charge is -2.41. The third kappa shape index (κ3) is 2.29. The van der Waals surface area contributed by atoms with E-state index in [4.69, 9.17) is 4.74 Å². The molecule has 0 saturated heterocycles. The number of rotatable bonds is 0. The van der Waals surface area contributed by atoms with Crippen molar-refractivity contribution >= 4 is 66.6 Å². The van der Waals surface area contributed by atoms with Gasteiger partial charge in [-0.05, 0) is 45.2 Å². The summed E-state index contributed by atoms with van der Waals surface area (Å²) < 4.78 is 7.71. The van der Waals surface area contributed by atoms with E-state index in [0.717, 1.165) is 11.5 Å². The summed E-state index contributed by atoms with van der Waals surface area (Å²) in [6.45, 7) is 0. The highest BCUT2D eigenvalue weighted by Gasteiger charge is 2.53. The first kappa shape index (κ1) is 20.2. The van der Waals surface area contributed by atoms with Crippen molar-refractivity contribution in [2.75, 3.05) is 0 Å². The van der Waals surface area contributed by atoms with Gasteiger partial charge < -0.3 is 4.74 Å². The van der Waals surface area contributed by atoms with Crippen molar-refractivity contribution in [1.29, 1.82) is 0 Å². The number of hydrogen-bond donors (Lipinski definition) is 0. The Morgan fingerprint density at radius 3 is 1.94 bits per heavy atom. The van der Waals surface area contributed by atoms with Gasteiger partial charge in [0.05, 0.1) is 5.41 Å². The Balaban J connectivity index is 1.82. The third-order valence-corrected chi connectivity index (χ3v) is 9.16. The van der Waals surface area contributed by atoms with Crippen LogP contribution in [0.4, 0.5) is 0 Å². The van der Waals surface area contributed by atoms with Crippen LogP contribution in [0.5, 0.6) is 11.5 Å². The molecule has 5 aromatic carbocycles. The molecule has 5 heteroatoms. The van der Waals surface area contributed by atoms with Crippen molar-refractivity contribution in [2.45, 2.75) is 5.41 Å². The van der Waals surface area contributed by atoms with Crippen molar-refractivity contribution < 1.29 is 4.74 Å². The maximum atomic E-state index is 6.52. The molecule has 1 aliphatic carbocycles. The predicted octanol–water partition coefficient (Wildman–Crippen LogP) is 2.85. The molecule has 0 aromatic heterocycles. The van der Waals surface area contributed by atoms with Gasteiger partial charge in [-0.3, -0.25) is 0 Å². The second kappa shape index (κ2) is 6.93. The molecular formula is C29H20B3BrO. The summed E-state index contributed by atoms with van der Waals surface area (Å²) in [5.41, 5.74) is 11.3. The quantitative estimate of drug-likeness (QED) is 0.294. The van der Waals surface area contributed by atoms with Gasteiger partial charge in [0.2, 0.25) is 0 Å². The molecule has 0 N–H and O–H groups in total. The summed E-state index contributed by atoms with van der Waals surface area (Å²) in [6.07, 6.45) is 0. The molecule has 5 aromatic rings. The van der Waals surface area contributed by atoms with Gasteiger partial charge in [-0.25, -0.2) is 0 Å². The Labute approximate surface area is 210 Å². The summed E-state index contributed by atoms with van der Waals surface area (Å²) in [5.74, 6) is 1.86. The molecule has 1 aliphatic heterocycles. The van der Waals surface area contributed by atoms with Gasteiger partial charge in [0.1, 0.15) is 35.0 Å². The Morgan fingerprint density at radius 1 is 0.618 bits per heavy atom. The minimum absolute atomic E-state index is 0.456. The zero-order chi connectivity index (χ0) is 23.2. The highest BCUT2D eigenvalue weighted by Crippen LogP contribution is 2.62. The molecule has 0 atom stereocenters. The smallest absolute Gasteiger partial charge is 0.141 e. The zero-order valence-corrected chi connectivity index (χ0v) is 21.0. The summed E-state index contributed by atoms with van der Waals surface area (Å²) in [5, 5.41) is 2.57. The monoisotopic (exact) mass is 496 g/mol. The predicted molar refractivity (Wildman–Crippen MR) is 154 cm³/mol. The van der Waals surface area contributed by atoms with Crippen molar-refractivity contribution in [3.8, 4) is 22.6 Å². The van der Waals surface area contributed by atoms with E-state index in [0.29, 0.717) is 0 Å². The molecule has 0 fully saturated rings. The van der Waals surface area contributed by atoms with E-state index in [9.17, 15) is 0 Å². The van der Waals surface area contributed by atoms with E-state index in [1.54, 1.807) is 0 Å². The average Bonchev–Trinajstić information content (AvgIpc) is 3.18. The Bertz CT molecular complexity index is 1650. The Kier molecular flexibility index (Phi) is 4.12. The molecule has 2 aliphatic rings. The molecule has 1 spiro atoms. The lowest BCUT2D eigenvalue weighted by atomic mass is 9.61. The minimum atomic E-state index is -0.456. The molecule has 34 heavy (non-hydrogen) atoms. The van der Waals surface area contributed by atoms with Crippen LogP contribution in [0, 0.1) is 0 Å². The van der Waals surface area contributed by atoms with Crippen LogP contribution < -0.4 is 21.1 Å². The van der Waals surface area contributed by atoms with Gasteiger partial charge in [-0.1, -0.05) is 105 Å². The largest absolute Gasteiger partial charge is 0.457 e. The average molecular weight is 497 g/mol. The van der Waals surface area contributed by atoms with Gasteiger partial charge in [0.25, 0.3) is 0 Å². The summed E-state index contributed by atoms with van der Waals surface area (Å²) in [4.78, 5) is 0. The van der Waals surface area contributed by atoms with Crippen molar-refractivity contribution in [3.63, 3.8) is 0 Å². The van der Waals surface area contributed by atoms with Crippen LogP contribution in [0.25, 0.3) is 21.9 Å². The summed E-state index contributed by atoms with van der Waals surface area (Å²) >= 11 is 3.98. The van der Waals surface area contributed by atoms with Crippen LogP contribution in [0.2, 0.25) is 0 Å². The molecule has 158 valence electrons. The molecule has 7 rings (SSSR count). The Hall–Kier alpha value is -3.17. The van der Waals surface area contributed by atoms with Crippen LogP contribution >= 0.6 is 15.9 Å². The van der Waals surface area contributed by atoms with E-state index >= 15 is 0 Å². The number of fused-ring (bicyclic) bond motifs is 11. The standard InChI is InChI=1S/C29H20B3BrO/c30-25-22-17-14-13-15-7-1-2-8-16(15)23(17)29(24(22)26(31)28(33)27(25)32)18-9-3-5-11-20(18)34-21-12-6-4-10-19(21)29/h1-14H,30-32H2. The molecule has 0 saturated carbocycles. The van der Waals surface area contributed by atoms with Crippen LogP contribution in [0.1, 0.15) is 22.3 Å². The van der Waals surface area contributed by atoms with E-state index in [2.05, 4.69) is 124 Å². The second-order valence-corrected chi connectivity index (χ2v) is 10.3. The topological polar surface area (TPSA) is 9.23 Å². The maximum absolute atomic E-state index is 6.52. The van der Waals surface area contributed by atoms with Gasteiger partial charge in [0.15, 0.2) is 0 Å². The molecule has 0 bridgehead atoms.